The van der Waals surface area contributed by atoms with Gasteiger partial charge in [0.25, 0.3) is 7.82 Å². The van der Waals surface area contributed by atoms with Crippen molar-refractivity contribution >= 4 is 7.82 Å². The molecule has 0 aromatic carbocycles. The minimum absolute atomic E-state index is 0.0620. The van der Waals surface area contributed by atoms with Crippen molar-refractivity contribution in [3.63, 3.8) is 0 Å². The van der Waals surface area contributed by atoms with E-state index in [1.165, 1.54) is 161 Å². The van der Waals surface area contributed by atoms with Crippen molar-refractivity contribution in [1.82, 2.24) is 0 Å². The van der Waals surface area contributed by atoms with Crippen molar-refractivity contribution in [3.05, 3.63) is 0 Å². The second-order valence-electron chi connectivity index (χ2n) is 15.7. The number of unbranched alkanes of at least 4 members (excludes halogenated alkanes) is 26. The van der Waals surface area contributed by atoms with Gasteiger partial charge in [0.1, 0.15) is 6.10 Å². The Kier molecular flexibility index (Phi) is 36.3. The van der Waals surface area contributed by atoms with Crippen LogP contribution in [0, 0.1) is 0 Å². The molecule has 0 aliphatic carbocycles. The summed E-state index contributed by atoms with van der Waals surface area (Å²) in [5, 5.41) is 0. The molecule has 0 saturated carbocycles. The SMILES string of the molecule is CCCCCCCCCCCCCCCCOCC(COP(=O)([O-])OCCC[N+](C)(C)C)OCCCCCCCCCCCCCCCC. The standard InChI is InChI=1S/C41H86NO6P/c1-6-8-10-12-14-16-18-20-22-24-26-28-30-32-36-45-39-41(40-48-49(43,44)47-38-34-35-42(3,4)5)46-37-33-31-29-27-25-23-21-19-17-15-13-11-9-7-2/h41H,6-40H2,1-5H3. The van der Waals surface area contributed by atoms with Gasteiger partial charge in [-0.3, -0.25) is 4.57 Å². The molecule has 0 aromatic rings. The van der Waals surface area contributed by atoms with Gasteiger partial charge in [0, 0.05) is 19.6 Å². The monoisotopic (exact) mass is 720 g/mol. The van der Waals surface area contributed by atoms with Gasteiger partial charge in [0.2, 0.25) is 0 Å². The van der Waals surface area contributed by atoms with E-state index in [0.29, 0.717) is 26.2 Å². The van der Waals surface area contributed by atoms with Crippen LogP contribution in [0.2, 0.25) is 0 Å². The number of hydrogen-bond acceptors (Lipinski definition) is 6. The van der Waals surface area contributed by atoms with Gasteiger partial charge in [-0.1, -0.05) is 181 Å². The Bertz CT molecular complexity index is 704. The second kappa shape index (κ2) is 36.4. The first-order valence-electron chi connectivity index (χ1n) is 21.3. The minimum Gasteiger partial charge on any atom is -0.756 e. The number of ether oxygens (including phenoxy) is 2. The summed E-state index contributed by atoms with van der Waals surface area (Å²) in [4.78, 5) is 12.4. The average molecular weight is 720 g/mol. The Morgan fingerprint density at radius 2 is 0.837 bits per heavy atom. The Morgan fingerprint density at radius 3 is 1.22 bits per heavy atom. The van der Waals surface area contributed by atoms with E-state index in [9.17, 15) is 9.46 Å². The normalized spacial score (nSPS) is 14.0. The van der Waals surface area contributed by atoms with Crippen molar-refractivity contribution in [3.8, 4) is 0 Å². The number of phosphoric ester groups is 1. The van der Waals surface area contributed by atoms with Gasteiger partial charge in [-0.15, -0.1) is 0 Å². The molecule has 0 N–H and O–H groups in total. The molecule has 0 heterocycles. The molecular weight excluding hydrogens is 633 g/mol. The van der Waals surface area contributed by atoms with E-state index in [1.807, 2.05) is 0 Å². The van der Waals surface area contributed by atoms with Gasteiger partial charge < -0.3 is 27.9 Å². The van der Waals surface area contributed by atoms with Gasteiger partial charge in [-0.05, 0) is 12.8 Å². The number of quaternary nitrogens is 1. The summed E-state index contributed by atoms with van der Waals surface area (Å²) in [5.74, 6) is 0. The summed E-state index contributed by atoms with van der Waals surface area (Å²) in [6.07, 6.45) is 37.3. The largest absolute Gasteiger partial charge is 0.756 e. The number of nitrogens with zero attached hydrogens (tertiary/aromatic N) is 1. The molecule has 0 aromatic heterocycles. The predicted molar refractivity (Wildman–Crippen MR) is 208 cm³/mol. The van der Waals surface area contributed by atoms with Crippen LogP contribution >= 0.6 is 7.82 Å². The molecule has 0 spiro atoms. The smallest absolute Gasteiger partial charge is 0.267 e. The highest BCUT2D eigenvalue weighted by Crippen LogP contribution is 2.38. The quantitative estimate of drug-likeness (QED) is 0.0356. The third-order valence-electron chi connectivity index (χ3n) is 9.44. The Labute approximate surface area is 306 Å². The van der Waals surface area contributed by atoms with Gasteiger partial charge >= 0.3 is 0 Å². The highest BCUT2D eigenvalue weighted by Gasteiger charge is 2.17. The fourth-order valence-electron chi connectivity index (χ4n) is 6.23. The molecule has 296 valence electrons. The zero-order chi connectivity index (χ0) is 36.2. The van der Waals surface area contributed by atoms with E-state index in [2.05, 4.69) is 35.0 Å². The lowest BCUT2D eigenvalue weighted by atomic mass is 10.0. The maximum Gasteiger partial charge on any atom is 0.267 e. The lowest BCUT2D eigenvalue weighted by molar-refractivity contribution is -0.870. The van der Waals surface area contributed by atoms with Gasteiger partial charge in [-0.2, -0.15) is 0 Å². The molecule has 2 atom stereocenters. The van der Waals surface area contributed by atoms with E-state index in [-0.39, 0.29) is 13.2 Å². The van der Waals surface area contributed by atoms with Gasteiger partial charge in [0.15, 0.2) is 0 Å². The minimum atomic E-state index is -4.37. The summed E-state index contributed by atoms with van der Waals surface area (Å²) in [6.45, 7) is 7.08. The molecule has 0 aliphatic rings. The van der Waals surface area contributed by atoms with Crippen molar-refractivity contribution in [2.75, 3.05) is 60.7 Å². The van der Waals surface area contributed by atoms with Crippen LogP contribution in [-0.4, -0.2) is 71.3 Å². The lowest BCUT2D eigenvalue weighted by Crippen LogP contribution is -2.35. The summed E-state index contributed by atoms with van der Waals surface area (Å²) < 4.78 is 35.5. The van der Waals surface area contributed by atoms with E-state index < -0.39 is 13.9 Å². The van der Waals surface area contributed by atoms with Crippen molar-refractivity contribution in [2.45, 2.75) is 206 Å². The molecule has 0 aliphatic heterocycles. The lowest BCUT2D eigenvalue weighted by Gasteiger charge is -2.27. The van der Waals surface area contributed by atoms with Crippen LogP contribution in [0.1, 0.15) is 200 Å². The highest BCUT2D eigenvalue weighted by molar-refractivity contribution is 7.45. The summed E-state index contributed by atoms with van der Waals surface area (Å²) in [6, 6.07) is 0. The summed E-state index contributed by atoms with van der Waals surface area (Å²) >= 11 is 0. The van der Waals surface area contributed by atoms with Crippen molar-refractivity contribution < 1.29 is 32.5 Å². The molecule has 8 heteroatoms. The van der Waals surface area contributed by atoms with E-state index >= 15 is 0 Å². The maximum atomic E-state index is 12.4. The Balaban J connectivity index is 4.11. The summed E-state index contributed by atoms with van der Waals surface area (Å²) in [5.41, 5.74) is 0. The fourth-order valence-corrected chi connectivity index (χ4v) is 7.01. The van der Waals surface area contributed by atoms with Crippen molar-refractivity contribution in [2.24, 2.45) is 0 Å². The van der Waals surface area contributed by atoms with Crippen LogP contribution < -0.4 is 4.89 Å². The van der Waals surface area contributed by atoms with Crippen LogP contribution in [0.15, 0.2) is 0 Å². The van der Waals surface area contributed by atoms with E-state index in [1.54, 1.807) is 0 Å². The molecule has 0 rings (SSSR count). The first-order chi connectivity index (χ1) is 23.7. The zero-order valence-corrected chi connectivity index (χ0v) is 34.6. The van der Waals surface area contributed by atoms with Crippen LogP contribution in [0.3, 0.4) is 0 Å². The Hall–Kier alpha value is -0.0100. The predicted octanol–water partition coefficient (Wildman–Crippen LogP) is 11.9. The zero-order valence-electron chi connectivity index (χ0n) is 33.7. The van der Waals surface area contributed by atoms with Crippen LogP contribution in [-0.2, 0) is 23.1 Å². The third-order valence-corrected chi connectivity index (χ3v) is 10.4. The van der Waals surface area contributed by atoms with Crippen molar-refractivity contribution in [1.29, 1.82) is 0 Å². The van der Waals surface area contributed by atoms with Gasteiger partial charge in [0.05, 0.1) is 47.5 Å². The first kappa shape index (κ1) is 49.0. The molecule has 49 heavy (non-hydrogen) atoms. The highest BCUT2D eigenvalue weighted by atomic mass is 31.2. The van der Waals surface area contributed by atoms with Crippen LogP contribution in [0.5, 0.6) is 0 Å². The summed E-state index contributed by atoms with van der Waals surface area (Å²) in [7, 11) is 1.85. The van der Waals surface area contributed by atoms with E-state index in [0.717, 1.165) is 30.3 Å². The molecule has 0 radical (unpaired) electrons. The topological polar surface area (TPSA) is 77.1 Å². The molecule has 0 fully saturated rings. The van der Waals surface area contributed by atoms with Crippen LogP contribution in [0.25, 0.3) is 0 Å². The second-order valence-corrected chi connectivity index (χ2v) is 17.1. The molecule has 0 amide bonds. The molecule has 7 nitrogen and oxygen atoms in total. The average Bonchev–Trinajstić information content (AvgIpc) is 3.06. The maximum absolute atomic E-state index is 12.4. The number of phosphoric acid groups is 1. The van der Waals surface area contributed by atoms with E-state index in [4.69, 9.17) is 18.5 Å². The Morgan fingerprint density at radius 1 is 0.469 bits per heavy atom. The molecule has 0 bridgehead atoms. The molecule has 0 saturated heterocycles. The molecular formula is C41H86NO6P. The molecule has 2 unspecified atom stereocenters. The third kappa shape index (κ3) is 40.6. The van der Waals surface area contributed by atoms with Crippen LogP contribution in [0.4, 0.5) is 0 Å². The fraction of sp³-hybridized carbons (Fsp3) is 1.00. The number of rotatable bonds is 41. The van der Waals surface area contributed by atoms with Gasteiger partial charge in [-0.25, -0.2) is 0 Å². The number of hydrogen-bond donors (Lipinski definition) is 0. The first-order valence-corrected chi connectivity index (χ1v) is 22.8.